The molecule has 180 valence electrons. The second kappa shape index (κ2) is 11.0. The number of benzene rings is 1. The summed E-state index contributed by atoms with van der Waals surface area (Å²) in [6, 6.07) is 8.17. The lowest BCUT2D eigenvalue weighted by atomic mass is 9.75. The van der Waals surface area contributed by atoms with Gasteiger partial charge in [0.2, 0.25) is 0 Å². The first-order chi connectivity index (χ1) is 14.6. The van der Waals surface area contributed by atoms with Gasteiger partial charge in [-0.1, -0.05) is 26.0 Å². The SMILES string of the molecule is CO/C(=C\C(=O)OC(C)(C)C)C(C)(C)C(=O)[C@H](C)[C@@H](O)[C@@H](C)Cc1ccc(N(C)C)cc1. The number of hydrogen-bond acceptors (Lipinski definition) is 6. The number of ether oxygens (including phenoxy) is 2. The van der Waals surface area contributed by atoms with Gasteiger partial charge in [0.05, 0.1) is 24.7 Å². The van der Waals surface area contributed by atoms with E-state index in [-0.39, 0.29) is 17.5 Å². The molecule has 0 aliphatic heterocycles. The number of esters is 1. The molecule has 0 spiro atoms. The van der Waals surface area contributed by atoms with Crippen molar-refractivity contribution >= 4 is 17.4 Å². The fourth-order valence-electron chi connectivity index (χ4n) is 3.69. The maximum atomic E-state index is 13.3. The molecule has 0 saturated heterocycles. The molecule has 0 aliphatic rings. The van der Waals surface area contributed by atoms with Crippen LogP contribution in [0.5, 0.6) is 0 Å². The number of carbonyl (C=O) groups excluding carboxylic acids is 2. The summed E-state index contributed by atoms with van der Waals surface area (Å²) in [7, 11) is 5.40. The molecule has 1 aromatic rings. The van der Waals surface area contributed by atoms with Crippen LogP contribution in [-0.2, 0) is 25.5 Å². The van der Waals surface area contributed by atoms with Crippen LogP contribution >= 0.6 is 0 Å². The number of nitrogens with zero attached hydrogens (tertiary/aromatic N) is 1. The highest BCUT2D eigenvalue weighted by atomic mass is 16.6. The standard InChI is InChI=1S/C26H41NO5/c1-17(15-19-11-13-20(14-12-19)27(8)9)23(29)18(2)24(30)26(6,7)21(31-10)16-22(28)32-25(3,4)5/h11-14,16-18,23,29H,15H2,1-10H3/b21-16-/t17-,18+,23-/m0/s1. The van der Waals surface area contributed by atoms with Crippen molar-refractivity contribution in [2.24, 2.45) is 17.3 Å². The van der Waals surface area contributed by atoms with Crippen molar-refractivity contribution in [2.75, 3.05) is 26.1 Å². The van der Waals surface area contributed by atoms with E-state index in [1.165, 1.54) is 13.2 Å². The van der Waals surface area contributed by atoms with Crippen molar-refractivity contribution < 1.29 is 24.2 Å². The molecule has 1 N–H and O–H groups in total. The summed E-state index contributed by atoms with van der Waals surface area (Å²) in [5.41, 5.74) is 0.461. The van der Waals surface area contributed by atoms with Gasteiger partial charge in [-0.3, -0.25) is 4.79 Å². The summed E-state index contributed by atoms with van der Waals surface area (Å²) in [6.45, 7) is 12.4. The molecule has 0 saturated carbocycles. The zero-order chi connectivity index (χ0) is 24.9. The van der Waals surface area contributed by atoms with Gasteiger partial charge in [0, 0.05) is 25.7 Å². The first-order valence-corrected chi connectivity index (χ1v) is 11.1. The van der Waals surface area contributed by atoms with Crippen LogP contribution in [0.25, 0.3) is 0 Å². The third-order valence-electron chi connectivity index (χ3n) is 5.63. The Hall–Kier alpha value is -2.34. The first kappa shape index (κ1) is 27.7. The Morgan fingerprint density at radius 1 is 1.06 bits per heavy atom. The molecule has 0 amide bonds. The van der Waals surface area contributed by atoms with E-state index in [0.29, 0.717) is 6.42 Å². The van der Waals surface area contributed by atoms with Gasteiger partial charge in [-0.2, -0.15) is 0 Å². The Balaban J connectivity index is 2.94. The van der Waals surface area contributed by atoms with Crippen LogP contribution in [0.3, 0.4) is 0 Å². The average molecular weight is 448 g/mol. The number of hydrogen-bond donors (Lipinski definition) is 1. The zero-order valence-electron chi connectivity index (χ0n) is 21.4. The lowest BCUT2D eigenvalue weighted by Crippen LogP contribution is -2.40. The molecule has 1 aromatic carbocycles. The van der Waals surface area contributed by atoms with Crippen molar-refractivity contribution in [1.82, 2.24) is 0 Å². The maximum absolute atomic E-state index is 13.3. The number of Topliss-reactive ketones (excluding diaryl/α,β-unsaturated/α-hetero) is 1. The minimum absolute atomic E-state index is 0.129. The number of anilines is 1. The molecule has 0 unspecified atom stereocenters. The van der Waals surface area contributed by atoms with Crippen molar-refractivity contribution in [3.05, 3.63) is 41.7 Å². The highest BCUT2D eigenvalue weighted by Crippen LogP contribution is 2.34. The summed E-state index contributed by atoms with van der Waals surface area (Å²) in [5, 5.41) is 10.9. The van der Waals surface area contributed by atoms with Crippen LogP contribution in [0.2, 0.25) is 0 Å². The normalized spacial score (nSPS) is 15.5. The summed E-state index contributed by atoms with van der Waals surface area (Å²) in [4.78, 5) is 27.6. The van der Waals surface area contributed by atoms with Gasteiger partial charge in [0.15, 0.2) is 5.78 Å². The average Bonchev–Trinajstić information content (AvgIpc) is 2.69. The van der Waals surface area contributed by atoms with E-state index in [4.69, 9.17) is 9.47 Å². The Bertz CT molecular complexity index is 803. The van der Waals surface area contributed by atoms with Crippen molar-refractivity contribution in [2.45, 2.75) is 66.6 Å². The first-order valence-electron chi connectivity index (χ1n) is 11.1. The molecule has 6 heteroatoms. The van der Waals surface area contributed by atoms with Crippen LogP contribution in [0.15, 0.2) is 36.1 Å². The van der Waals surface area contributed by atoms with E-state index < -0.39 is 29.0 Å². The third kappa shape index (κ3) is 7.66. The number of ketones is 1. The maximum Gasteiger partial charge on any atom is 0.334 e. The number of aliphatic hydroxyl groups excluding tert-OH is 1. The molecule has 0 heterocycles. The molecule has 32 heavy (non-hydrogen) atoms. The molecule has 0 bridgehead atoms. The van der Waals surface area contributed by atoms with Crippen molar-refractivity contribution in [3.8, 4) is 0 Å². The number of methoxy groups -OCH3 is 1. The van der Waals surface area contributed by atoms with Crippen LogP contribution in [0.1, 0.15) is 54.0 Å². The summed E-state index contributed by atoms with van der Waals surface area (Å²) < 4.78 is 10.7. The molecule has 0 aromatic heterocycles. The lowest BCUT2D eigenvalue weighted by molar-refractivity contribution is -0.148. The van der Waals surface area contributed by atoms with E-state index >= 15 is 0 Å². The minimum Gasteiger partial charge on any atom is -0.500 e. The molecule has 0 radical (unpaired) electrons. The molecule has 0 aliphatic carbocycles. The van der Waals surface area contributed by atoms with E-state index in [1.807, 2.05) is 50.2 Å². The number of aliphatic hydroxyl groups is 1. The van der Waals surface area contributed by atoms with Gasteiger partial charge in [0.25, 0.3) is 0 Å². The second-order valence-electron chi connectivity index (χ2n) is 10.3. The number of allylic oxidation sites excluding steroid dienone is 1. The van der Waals surface area contributed by atoms with Crippen LogP contribution in [0.4, 0.5) is 5.69 Å². The number of rotatable bonds is 10. The Morgan fingerprint density at radius 2 is 1.59 bits per heavy atom. The summed E-state index contributed by atoms with van der Waals surface area (Å²) in [6.07, 6.45) is 1.03. The molecule has 6 nitrogen and oxygen atoms in total. The van der Waals surface area contributed by atoms with E-state index in [2.05, 4.69) is 0 Å². The summed E-state index contributed by atoms with van der Waals surface area (Å²) >= 11 is 0. The summed E-state index contributed by atoms with van der Waals surface area (Å²) in [5.74, 6) is -1.33. The highest BCUT2D eigenvalue weighted by molar-refractivity contribution is 5.91. The van der Waals surface area contributed by atoms with Crippen molar-refractivity contribution in [3.63, 3.8) is 0 Å². The zero-order valence-corrected chi connectivity index (χ0v) is 21.4. The highest BCUT2D eigenvalue weighted by Gasteiger charge is 2.40. The van der Waals surface area contributed by atoms with E-state index in [1.54, 1.807) is 41.5 Å². The fourth-order valence-corrected chi connectivity index (χ4v) is 3.69. The minimum atomic E-state index is -1.10. The topological polar surface area (TPSA) is 76.1 Å². The molecule has 3 atom stereocenters. The molecule has 0 fully saturated rings. The molecular formula is C26H41NO5. The quantitative estimate of drug-likeness (QED) is 0.326. The Kier molecular flexibility index (Phi) is 9.51. The van der Waals surface area contributed by atoms with Gasteiger partial charge >= 0.3 is 5.97 Å². The van der Waals surface area contributed by atoms with Gasteiger partial charge in [-0.25, -0.2) is 4.79 Å². The number of carbonyl (C=O) groups is 2. The van der Waals surface area contributed by atoms with Crippen LogP contribution in [0, 0.1) is 17.3 Å². The Labute approximate surface area is 193 Å². The van der Waals surface area contributed by atoms with E-state index in [0.717, 1.165) is 11.3 Å². The van der Waals surface area contributed by atoms with Gasteiger partial charge in [-0.15, -0.1) is 0 Å². The second-order valence-corrected chi connectivity index (χ2v) is 10.3. The van der Waals surface area contributed by atoms with Gasteiger partial charge in [0.1, 0.15) is 11.4 Å². The van der Waals surface area contributed by atoms with Gasteiger partial charge in [-0.05, 0) is 64.7 Å². The van der Waals surface area contributed by atoms with Crippen molar-refractivity contribution in [1.29, 1.82) is 0 Å². The predicted octanol–water partition coefficient (Wildman–Crippen LogP) is 4.40. The van der Waals surface area contributed by atoms with Crippen LogP contribution in [-0.4, -0.2) is 49.8 Å². The predicted molar refractivity (Wildman–Crippen MR) is 129 cm³/mol. The smallest absolute Gasteiger partial charge is 0.334 e. The molecular weight excluding hydrogens is 406 g/mol. The molecule has 1 rings (SSSR count). The lowest BCUT2D eigenvalue weighted by Gasteiger charge is -2.32. The monoisotopic (exact) mass is 447 g/mol. The largest absolute Gasteiger partial charge is 0.500 e. The van der Waals surface area contributed by atoms with Crippen LogP contribution < -0.4 is 4.90 Å². The third-order valence-corrected chi connectivity index (χ3v) is 5.63. The fraction of sp³-hybridized carbons (Fsp3) is 0.615. The van der Waals surface area contributed by atoms with Gasteiger partial charge < -0.3 is 19.5 Å². The van der Waals surface area contributed by atoms with E-state index in [9.17, 15) is 14.7 Å². The Morgan fingerprint density at radius 3 is 2.03 bits per heavy atom.